The van der Waals surface area contributed by atoms with Gasteiger partial charge in [-0.2, -0.15) is 4.98 Å². The zero-order chi connectivity index (χ0) is 12.4. The molecule has 0 aliphatic carbocycles. The third-order valence-electron chi connectivity index (χ3n) is 2.44. The molecule has 6 nitrogen and oxygen atoms in total. The van der Waals surface area contributed by atoms with Crippen LogP contribution < -0.4 is 10.6 Å². The second kappa shape index (κ2) is 4.80. The second-order valence-corrected chi connectivity index (χ2v) is 4.72. The van der Waals surface area contributed by atoms with E-state index in [1.54, 1.807) is 0 Å². The minimum Gasteiger partial charge on any atom is -0.342 e. The largest absolute Gasteiger partial charge is 0.342 e. The van der Waals surface area contributed by atoms with Crippen LogP contribution in [0.15, 0.2) is 4.52 Å². The number of anilines is 1. The third-order valence-corrected chi connectivity index (χ3v) is 3.61. The predicted molar refractivity (Wildman–Crippen MR) is 67.0 cm³/mol. The number of hydrogen-bond acceptors (Lipinski definition) is 7. The van der Waals surface area contributed by atoms with E-state index in [0.29, 0.717) is 18.4 Å². The van der Waals surface area contributed by atoms with Gasteiger partial charge in [-0.05, 0) is 19.0 Å². The summed E-state index contributed by atoms with van der Waals surface area (Å²) >= 11 is 1.49. The normalized spacial score (nSPS) is 10.8. The van der Waals surface area contributed by atoms with Gasteiger partial charge in [-0.1, -0.05) is 0 Å². The van der Waals surface area contributed by atoms with Crippen LogP contribution in [0, 0.1) is 6.92 Å². The molecule has 0 radical (unpaired) electrons. The Kier molecular flexibility index (Phi) is 3.39. The van der Waals surface area contributed by atoms with Crippen LogP contribution in [0.4, 0.5) is 5.95 Å². The fourth-order valence-electron chi connectivity index (χ4n) is 1.34. The molecule has 2 N–H and O–H groups in total. The van der Waals surface area contributed by atoms with E-state index in [0.717, 1.165) is 22.1 Å². The highest BCUT2D eigenvalue weighted by atomic mass is 32.1. The molecule has 0 fully saturated rings. The molecule has 0 spiro atoms. The predicted octanol–water partition coefficient (Wildman–Crippen LogP) is 1.42. The van der Waals surface area contributed by atoms with Crippen molar-refractivity contribution >= 4 is 17.3 Å². The van der Waals surface area contributed by atoms with Crippen LogP contribution in [0.1, 0.15) is 17.6 Å². The molecule has 2 aromatic heterocycles. The van der Waals surface area contributed by atoms with Crippen molar-refractivity contribution in [2.24, 2.45) is 5.73 Å². The Bertz CT molecular complexity index is 507. The molecule has 0 saturated heterocycles. The van der Waals surface area contributed by atoms with Crippen molar-refractivity contribution in [2.45, 2.75) is 20.4 Å². The molecule has 0 aromatic carbocycles. The fraction of sp³-hybridized carbons (Fsp3) is 0.500. The minimum absolute atomic E-state index is 0.432. The third kappa shape index (κ3) is 2.29. The van der Waals surface area contributed by atoms with Crippen molar-refractivity contribution in [2.75, 3.05) is 18.5 Å². The number of thiazole rings is 1. The molecular weight excluding hydrogens is 238 g/mol. The first-order valence-corrected chi connectivity index (χ1v) is 6.19. The van der Waals surface area contributed by atoms with Crippen molar-refractivity contribution in [3.63, 3.8) is 0 Å². The average molecular weight is 253 g/mol. The summed E-state index contributed by atoms with van der Waals surface area (Å²) in [6.07, 6.45) is 0. The van der Waals surface area contributed by atoms with Crippen LogP contribution in [0.3, 0.4) is 0 Å². The lowest BCUT2D eigenvalue weighted by atomic mass is 10.4. The summed E-state index contributed by atoms with van der Waals surface area (Å²) in [5.74, 6) is 1.10. The zero-order valence-electron chi connectivity index (χ0n) is 10.1. The van der Waals surface area contributed by atoms with Gasteiger partial charge in [0, 0.05) is 20.1 Å². The van der Waals surface area contributed by atoms with Gasteiger partial charge in [0.15, 0.2) is 0 Å². The van der Waals surface area contributed by atoms with Crippen molar-refractivity contribution < 1.29 is 4.52 Å². The van der Waals surface area contributed by atoms with Gasteiger partial charge < -0.3 is 15.2 Å². The van der Waals surface area contributed by atoms with E-state index in [4.69, 9.17) is 10.3 Å². The number of rotatable bonds is 4. The van der Waals surface area contributed by atoms with E-state index in [-0.39, 0.29) is 0 Å². The molecule has 0 saturated carbocycles. The number of nitrogens with zero attached hydrogens (tertiary/aromatic N) is 4. The first-order valence-electron chi connectivity index (χ1n) is 5.37. The molecule has 0 aliphatic rings. The van der Waals surface area contributed by atoms with Crippen LogP contribution in [0.5, 0.6) is 0 Å². The van der Waals surface area contributed by atoms with E-state index >= 15 is 0 Å². The zero-order valence-corrected chi connectivity index (χ0v) is 10.9. The fourth-order valence-corrected chi connectivity index (χ4v) is 2.21. The molecule has 0 amide bonds. The van der Waals surface area contributed by atoms with Crippen LogP contribution in [-0.4, -0.2) is 28.7 Å². The SMILES string of the molecule is CCN(C)c1noc(-c2sc(CN)nc2C)n1. The average Bonchev–Trinajstić information content (AvgIpc) is 2.94. The highest BCUT2D eigenvalue weighted by Crippen LogP contribution is 2.29. The Balaban J connectivity index is 2.33. The molecule has 2 rings (SSSR count). The summed E-state index contributed by atoms with van der Waals surface area (Å²) in [6.45, 7) is 5.20. The molecule has 0 atom stereocenters. The summed E-state index contributed by atoms with van der Waals surface area (Å²) in [5, 5.41) is 4.80. The summed E-state index contributed by atoms with van der Waals surface area (Å²) in [6, 6.07) is 0. The lowest BCUT2D eigenvalue weighted by Gasteiger charge is -2.08. The maximum absolute atomic E-state index is 5.56. The molecule has 2 heterocycles. The van der Waals surface area contributed by atoms with E-state index in [2.05, 4.69) is 15.1 Å². The Labute approximate surface area is 103 Å². The Morgan fingerprint density at radius 3 is 2.76 bits per heavy atom. The molecular formula is C10H15N5OS. The van der Waals surface area contributed by atoms with E-state index in [9.17, 15) is 0 Å². The van der Waals surface area contributed by atoms with Gasteiger partial charge in [0.25, 0.3) is 11.8 Å². The molecule has 0 bridgehead atoms. The molecule has 17 heavy (non-hydrogen) atoms. The van der Waals surface area contributed by atoms with Gasteiger partial charge in [0.1, 0.15) is 9.88 Å². The number of aromatic nitrogens is 3. The van der Waals surface area contributed by atoms with Crippen LogP contribution in [-0.2, 0) is 6.54 Å². The smallest absolute Gasteiger partial charge is 0.271 e. The highest BCUT2D eigenvalue weighted by Gasteiger charge is 2.16. The summed E-state index contributed by atoms with van der Waals surface area (Å²) in [7, 11) is 1.92. The van der Waals surface area contributed by atoms with Gasteiger partial charge >= 0.3 is 0 Å². The summed E-state index contributed by atoms with van der Waals surface area (Å²) < 4.78 is 5.24. The van der Waals surface area contributed by atoms with Gasteiger partial charge in [-0.15, -0.1) is 11.3 Å². The van der Waals surface area contributed by atoms with Crippen LogP contribution in [0.25, 0.3) is 10.8 Å². The van der Waals surface area contributed by atoms with Crippen LogP contribution in [0.2, 0.25) is 0 Å². The molecule has 7 heteroatoms. The lowest BCUT2D eigenvalue weighted by molar-refractivity contribution is 0.431. The first kappa shape index (κ1) is 12.0. The standard InChI is InChI=1S/C10H15N5OS/c1-4-15(3)10-13-9(16-14-10)8-6(2)12-7(5-11)17-8/h4-5,11H2,1-3H3. The van der Waals surface area contributed by atoms with Crippen molar-refractivity contribution in [1.29, 1.82) is 0 Å². The molecule has 2 aromatic rings. The maximum Gasteiger partial charge on any atom is 0.271 e. The van der Waals surface area contributed by atoms with E-state index < -0.39 is 0 Å². The Morgan fingerprint density at radius 2 is 2.18 bits per heavy atom. The van der Waals surface area contributed by atoms with Crippen molar-refractivity contribution in [1.82, 2.24) is 15.1 Å². The van der Waals surface area contributed by atoms with Gasteiger partial charge in [0.2, 0.25) is 0 Å². The van der Waals surface area contributed by atoms with Gasteiger partial charge in [0.05, 0.1) is 5.69 Å². The summed E-state index contributed by atoms with van der Waals surface area (Å²) in [5.41, 5.74) is 6.44. The highest BCUT2D eigenvalue weighted by molar-refractivity contribution is 7.15. The summed E-state index contributed by atoms with van der Waals surface area (Å²) in [4.78, 5) is 11.5. The molecule has 0 aliphatic heterocycles. The number of nitrogens with two attached hydrogens (primary N) is 1. The maximum atomic E-state index is 5.56. The quantitative estimate of drug-likeness (QED) is 0.887. The topological polar surface area (TPSA) is 81.1 Å². The van der Waals surface area contributed by atoms with Crippen molar-refractivity contribution in [3.8, 4) is 10.8 Å². The molecule has 0 unspecified atom stereocenters. The Morgan fingerprint density at radius 1 is 1.41 bits per heavy atom. The van der Waals surface area contributed by atoms with E-state index in [1.807, 2.05) is 25.8 Å². The van der Waals surface area contributed by atoms with Gasteiger partial charge in [-0.3, -0.25) is 0 Å². The molecule has 92 valence electrons. The van der Waals surface area contributed by atoms with Crippen molar-refractivity contribution in [3.05, 3.63) is 10.7 Å². The Hall–Kier alpha value is -1.47. The van der Waals surface area contributed by atoms with Crippen LogP contribution >= 0.6 is 11.3 Å². The first-order chi connectivity index (χ1) is 8.15. The number of hydrogen-bond donors (Lipinski definition) is 1. The lowest BCUT2D eigenvalue weighted by Crippen LogP contribution is -2.16. The van der Waals surface area contributed by atoms with Gasteiger partial charge in [-0.25, -0.2) is 4.98 Å². The second-order valence-electron chi connectivity index (χ2n) is 3.64. The minimum atomic E-state index is 0.432. The monoisotopic (exact) mass is 253 g/mol. The number of aryl methyl sites for hydroxylation is 1. The van der Waals surface area contributed by atoms with E-state index in [1.165, 1.54) is 11.3 Å².